The van der Waals surface area contributed by atoms with Crippen LogP contribution in [0.25, 0.3) is 0 Å². The lowest BCUT2D eigenvalue weighted by Gasteiger charge is -2.37. The van der Waals surface area contributed by atoms with Crippen LogP contribution in [0.3, 0.4) is 0 Å². The summed E-state index contributed by atoms with van der Waals surface area (Å²) in [6.07, 6.45) is 3.48. The maximum atomic E-state index is 11.0. The zero-order chi connectivity index (χ0) is 12.7. The molecule has 1 fully saturated rings. The molecule has 2 atom stereocenters. The maximum absolute atomic E-state index is 11.0. The molecule has 1 rings (SSSR count). The van der Waals surface area contributed by atoms with Gasteiger partial charge in [0.15, 0.2) is 0 Å². The fourth-order valence-electron chi connectivity index (χ4n) is 2.69. The van der Waals surface area contributed by atoms with Crippen LogP contribution in [0.15, 0.2) is 0 Å². The average Bonchev–Trinajstić information content (AvgIpc) is 2.25. The third-order valence-corrected chi connectivity index (χ3v) is 3.23. The fraction of sp³-hybridized carbons (Fsp3) is 0.917. The number of hydrogen-bond acceptors (Lipinski definition) is 4. The second kappa shape index (κ2) is 7.63. The van der Waals surface area contributed by atoms with Crippen LogP contribution in [-0.4, -0.2) is 54.7 Å². The molecule has 1 aliphatic rings. The van der Waals surface area contributed by atoms with Crippen molar-refractivity contribution in [2.24, 2.45) is 11.7 Å². The monoisotopic (exact) mass is 243 g/mol. The largest absolute Gasteiger partial charge is 0.395 e. The van der Waals surface area contributed by atoms with E-state index in [2.05, 4.69) is 17.1 Å². The van der Waals surface area contributed by atoms with E-state index in [-0.39, 0.29) is 12.5 Å². The topological polar surface area (TPSA) is 78.6 Å². The highest BCUT2D eigenvalue weighted by Gasteiger charge is 2.26. The van der Waals surface area contributed by atoms with Crippen LogP contribution in [0.5, 0.6) is 0 Å². The minimum Gasteiger partial charge on any atom is -0.395 e. The molecule has 0 aliphatic carbocycles. The number of aliphatic hydroxyl groups is 1. The van der Waals surface area contributed by atoms with Gasteiger partial charge in [-0.05, 0) is 18.8 Å². The van der Waals surface area contributed by atoms with Gasteiger partial charge in [-0.3, -0.25) is 9.69 Å². The first kappa shape index (κ1) is 14.4. The van der Waals surface area contributed by atoms with Crippen molar-refractivity contribution in [3.8, 4) is 0 Å². The number of nitrogens with two attached hydrogens (primary N) is 1. The van der Waals surface area contributed by atoms with Gasteiger partial charge >= 0.3 is 0 Å². The Labute approximate surface area is 103 Å². The van der Waals surface area contributed by atoms with Crippen molar-refractivity contribution in [2.75, 3.05) is 32.8 Å². The van der Waals surface area contributed by atoms with Gasteiger partial charge in [0.1, 0.15) is 0 Å². The van der Waals surface area contributed by atoms with Crippen LogP contribution in [0.1, 0.15) is 26.2 Å². The van der Waals surface area contributed by atoms with Crippen LogP contribution in [-0.2, 0) is 4.79 Å². The molecule has 5 nitrogen and oxygen atoms in total. The van der Waals surface area contributed by atoms with Gasteiger partial charge in [-0.2, -0.15) is 0 Å². The smallest absolute Gasteiger partial charge is 0.231 e. The van der Waals surface area contributed by atoms with Crippen molar-refractivity contribution < 1.29 is 9.90 Å². The molecule has 0 aromatic heterocycles. The summed E-state index contributed by atoms with van der Waals surface area (Å²) in [4.78, 5) is 13.1. The van der Waals surface area contributed by atoms with Crippen molar-refractivity contribution >= 4 is 5.91 Å². The Morgan fingerprint density at radius 3 is 2.88 bits per heavy atom. The van der Waals surface area contributed by atoms with E-state index in [4.69, 9.17) is 10.8 Å². The molecule has 0 saturated carbocycles. The molecule has 4 N–H and O–H groups in total. The fourth-order valence-corrected chi connectivity index (χ4v) is 2.69. The molecule has 1 heterocycles. The molecule has 0 aromatic rings. The van der Waals surface area contributed by atoms with Gasteiger partial charge in [-0.15, -0.1) is 0 Å². The third-order valence-electron chi connectivity index (χ3n) is 3.23. The first-order valence-electron chi connectivity index (χ1n) is 6.50. The van der Waals surface area contributed by atoms with Crippen molar-refractivity contribution in [1.29, 1.82) is 0 Å². The quantitative estimate of drug-likeness (QED) is 0.565. The number of piperidine rings is 1. The summed E-state index contributed by atoms with van der Waals surface area (Å²) in [5.74, 6) is 0.368. The Balaban J connectivity index is 2.46. The molecule has 1 amide bonds. The predicted molar refractivity (Wildman–Crippen MR) is 67.5 cm³/mol. The third kappa shape index (κ3) is 5.48. The highest BCUT2D eigenvalue weighted by atomic mass is 16.3. The van der Waals surface area contributed by atoms with Crippen LogP contribution in [0.2, 0.25) is 0 Å². The van der Waals surface area contributed by atoms with Gasteiger partial charge in [0.05, 0.1) is 13.2 Å². The second-order valence-electron chi connectivity index (χ2n) is 4.93. The Morgan fingerprint density at radius 1 is 1.53 bits per heavy atom. The molecule has 100 valence electrons. The van der Waals surface area contributed by atoms with Crippen LogP contribution in [0.4, 0.5) is 0 Å². The average molecular weight is 243 g/mol. The molecule has 2 unspecified atom stereocenters. The highest BCUT2D eigenvalue weighted by molar-refractivity contribution is 5.75. The standard InChI is InChI=1S/C12H25N3O2/c1-2-3-10-6-11(14-4-5-16)8-15(7-10)9-12(13)17/h10-11,14,16H,2-9H2,1H3,(H2,13,17). The number of rotatable bonds is 7. The van der Waals surface area contributed by atoms with E-state index in [9.17, 15) is 4.79 Å². The van der Waals surface area contributed by atoms with Gasteiger partial charge in [-0.25, -0.2) is 0 Å². The van der Waals surface area contributed by atoms with E-state index in [1.165, 1.54) is 12.8 Å². The normalized spacial score (nSPS) is 26.0. The van der Waals surface area contributed by atoms with E-state index in [1.807, 2.05) is 0 Å². The Kier molecular flexibility index (Phi) is 6.47. The molecule has 1 aliphatic heterocycles. The van der Waals surface area contributed by atoms with E-state index >= 15 is 0 Å². The summed E-state index contributed by atoms with van der Waals surface area (Å²) >= 11 is 0. The van der Waals surface area contributed by atoms with E-state index in [1.54, 1.807) is 0 Å². The lowest BCUT2D eigenvalue weighted by Crippen LogP contribution is -2.51. The summed E-state index contributed by atoms with van der Waals surface area (Å²) in [5.41, 5.74) is 5.25. The van der Waals surface area contributed by atoms with E-state index in [0.29, 0.717) is 25.0 Å². The summed E-state index contributed by atoms with van der Waals surface area (Å²) in [5, 5.41) is 12.1. The van der Waals surface area contributed by atoms with Crippen LogP contribution >= 0.6 is 0 Å². The lowest BCUT2D eigenvalue weighted by atomic mass is 9.90. The number of aliphatic hydroxyl groups excluding tert-OH is 1. The van der Waals surface area contributed by atoms with Gasteiger partial charge in [0.2, 0.25) is 5.91 Å². The molecule has 5 heteroatoms. The summed E-state index contributed by atoms with van der Waals surface area (Å²) in [7, 11) is 0. The minimum absolute atomic E-state index is 0.158. The SMILES string of the molecule is CCCC1CC(NCCO)CN(CC(N)=O)C1. The second-order valence-corrected chi connectivity index (χ2v) is 4.93. The number of nitrogens with zero attached hydrogens (tertiary/aromatic N) is 1. The molecule has 1 saturated heterocycles. The molecule has 17 heavy (non-hydrogen) atoms. The Hall–Kier alpha value is -0.650. The van der Waals surface area contributed by atoms with Crippen molar-refractivity contribution in [3.05, 3.63) is 0 Å². The number of carbonyl (C=O) groups excluding carboxylic acids is 1. The van der Waals surface area contributed by atoms with E-state index in [0.717, 1.165) is 19.5 Å². The van der Waals surface area contributed by atoms with Gasteiger partial charge < -0.3 is 16.2 Å². The first-order valence-corrected chi connectivity index (χ1v) is 6.50. The molecule has 0 radical (unpaired) electrons. The van der Waals surface area contributed by atoms with Crippen LogP contribution in [0, 0.1) is 5.92 Å². The lowest BCUT2D eigenvalue weighted by molar-refractivity contribution is -0.119. The Bertz CT molecular complexity index is 236. The van der Waals surface area contributed by atoms with E-state index < -0.39 is 0 Å². The number of carbonyl (C=O) groups is 1. The maximum Gasteiger partial charge on any atom is 0.231 e. The van der Waals surface area contributed by atoms with Gasteiger partial charge in [0, 0.05) is 25.7 Å². The molecule has 0 bridgehead atoms. The highest BCUT2D eigenvalue weighted by Crippen LogP contribution is 2.21. The number of nitrogens with one attached hydrogen (secondary N) is 1. The summed E-state index contributed by atoms with van der Waals surface area (Å²) < 4.78 is 0. The van der Waals surface area contributed by atoms with Crippen molar-refractivity contribution in [1.82, 2.24) is 10.2 Å². The summed E-state index contributed by atoms with van der Waals surface area (Å²) in [6, 6.07) is 0.367. The van der Waals surface area contributed by atoms with Crippen molar-refractivity contribution in [2.45, 2.75) is 32.2 Å². The molecule has 0 spiro atoms. The number of likely N-dealkylation sites (tertiary alicyclic amines) is 1. The number of amides is 1. The zero-order valence-corrected chi connectivity index (χ0v) is 10.7. The molecular formula is C12H25N3O2. The van der Waals surface area contributed by atoms with Crippen molar-refractivity contribution in [3.63, 3.8) is 0 Å². The van der Waals surface area contributed by atoms with Gasteiger partial charge in [0.25, 0.3) is 0 Å². The zero-order valence-electron chi connectivity index (χ0n) is 10.7. The minimum atomic E-state index is -0.261. The number of hydrogen-bond donors (Lipinski definition) is 3. The van der Waals surface area contributed by atoms with Crippen LogP contribution < -0.4 is 11.1 Å². The molecular weight excluding hydrogens is 218 g/mol. The number of primary amides is 1. The summed E-state index contributed by atoms with van der Waals surface area (Å²) in [6.45, 7) is 5.12. The van der Waals surface area contributed by atoms with Gasteiger partial charge in [-0.1, -0.05) is 13.3 Å². The Morgan fingerprint density at radius 2 is 2.29 bits per heavy atom. The molecule has 0 aromatic carbocycles. The first-order chi connectivity index (χ1) is 8.15. The predicted octanol–water partition coefficient (Wildman–Crippen LogP) is -0.456.